The summed E-state index contributed by atoms with van der Waals surface area (Å²) in [6.07, 6.45) is 4.64. The zero-order chi connectivity index (χ0) is 12.3. The third-order valence-electron chi connectivity index (χ3n) is 3.24. The van der Waals surface area contributed by atoms with Gasteiger partial charge in [-0.2, -0.15) is 0 Å². The number of rotatable bonds is 3. The summed E-state index contributed by atoms with van der Waals surface area (Å²) in [6.45, 7) is 0. The van der Waals surface area contributed by atoms with Crippen LogP contribution in [0.25, 0.3) is 0 Å². The van der Waals surface area contributed by atoms with Crippen LogP contribution in [-0.2, 0) is 0 Å². The van der Waals surface area contributed by atoms with Crippen molar-refractivity contribution in [3.05, 3.63) is 22.7 Å². The van der Waals surface area contributed by atoms with Gasteiger partial charge in [0.15, 0.2) is 0 Å². The smallest absolute Gasteiger partial charge is 0.133 e. The molecule has 0 spiro atoms. The van der Waals surface area contributed by atoms with E-state index >= 15 is 0 Å². The summed E-state index contributed by atoms with van der Waals surface area (Å²) >= 11 is 3.49. The molecule has 3 N–H and O–H groups in total. The van der Waals surface area contributed by atoms with E-state index in [-0.39, 0.29) is 0 Å². The monoisotopic (exact) mass is 298 g/mol. The lowest BCUT2D eigenvalue weighted by atomic mass is 9.91. The van der Waals surface area contributed by atoms with Gasteiger partial charge in [-0.1, -0.05) is 0 Å². The van der Waals surface area contributed by atoms with Gasteiger partial charge in [0.05, 0.1) is 11.6 Å². The second kappa shape index (κ2) is 5.74. The van der Waals surface area contributed by atoms with E-state index in [1.54, 1.807) is 7.11 Å². The number of hydrogen-bond acceptors (Lipinski definition) is 3. The number of methoxy groups -OCH3 is 1. The van der Waals surface area contributed by atoms with Gasteiger partial charge in [0.2, 0.25) is 0 Å². The van der Waals surface area contributed by atoms with Crippen LogP contribution < -0.4 is 15.8 Å². The Labute approximate surface area is 111 Å². The molecule has 1 aliphatic carbocycles. The molecule has 2 rings (SSSR count). The lowest BCUT2D eigenvalue weighted by molar-refractivity contribution is 0.408. The highest BCUT2D eigenvalue weighted by molar-refractivity contribution is 9.10. The van der Waals surface area contributed by atoms with Crippen molar-refractivity contribution in [3.8, 4) is 5.75 Å². The molecule has 0 heterocycles. The van der Waals surface area contributed by atoms with Crippen molar-refractivity contribution < 1.29 is 4.74 Å². The van der Waals surface area contributed by atoms with E-state index in [1.165, 1.54) is 12.8 Å². The van der Waals surface area contributed by atoms with E-state index in [0.717, 1.165) is 28.8 Å². The van der Waals surface area contributed by atoms with E-state index in [9.17, 15) is 0 Å². The van der Waals surface area contributed by atoms with Gasteiger partial charge in [-0.3, -0.25) is 0 Å². The highest BCUT2D eigenvalue weighted by Crippen LogP contribution is 2.29. The summed E-state index contributed by atoms with van der Waals surface area (Å²) in [7, 11) is 1.67. The second-order valence-electron chi connectivity index (χ2n) is 4.62. The number of nitrogens with one attached hydrogen (secondary N) is 1. The third-order valence-corrected chi connectivity index (χ3v) is 3.86. The zero-order valence-corrected chi connectivity index (χ0v) is 11.7. The molecule has 1 fully saturated rings. The molecule has 0 radical (unpaired) electrons. The quantitative estimate of drug-likeness (QED) is 0.901. The minimum Gasteiger partial charge on any atom is -0.496 e. The summed E-state index contributed by atoms with van der Waals surface area (Å²) in [4.78, 5) is 0. The Balaban J connectivity index is 2.00. The molecule has 17 heavy (non-hydrogen) atoms. The van der Waals surface area contributed by atoms with Gasteiger partial charge in [0, 0.05) is 17.8 Å². The highest BCUT2D eigenvalue weighted by Gasteiger charge is 2.18. The normalized spacial score (nSPS) is 24.4. The van der Waals surface area contributed by atoms with Crippen LogP contribution in [0.4, 0.5) is 5.69 Å². The van der Waals surface area contributed by atoms with Crippen LogP contribution in [0, 0.1) is 0 Å². The van der Waals surface area contributed by atoms with Crippen LogP contribution in [0.2, 0.25) is 0 Å². The Morgan fingerprint density at radius 2 is 2.24 bits per heavy atom. The molecule has 3 nitrogen and oxygen atoms in total. The first-order valence-electron chi connectivity index (χ1n) is 6.04. The first-order valence-corrected chi connectivity index (χ1v) is 6.84. The van der Waals surface area contributed by atoms with Crippen LogP contribution in [0.3, 0.4) is 0 Å². The zero-order valence-electron chi connectivity index (χ0n) is 10.1. The van der Waals surface area contributed by atoms with Crippen LogP contribution in [0.15, 0.2) is 22.7 Å². The van der Waals surface area contributed by atoms with Crippen molar-refractivity contribution >= 4 is 21.6 Å². The molecule has 1 aromatic carbocycles. The van der Waals surface area contributed by atoms with Gasteiger partial charge in [0.25, 0.3) is 0 Å². The summed E-state index contributed by atoms with van der Waals surface area (Å²) in [5, 5.41) is 3.54. The summed E-state index contributed by atoms with van der Waals surface area (Å²) in [5.41, 5.74) is 7.11. The summed E-state index contributed by atoms with van der Waals surface area (Å²) < 4.78 is 6.19. The average molecular weight is 299 g/mol. The van der Waals surface area contributed by atoms with E-state index in [4.69, 9.17) is 10.5 Å². The van der Waals surface area contributed by atoms with Gasteiger partial charge >= 0.3 is 0 Å². The van der Waals surface area contributed by atoms with E-state index in [1.807, 2.05) is 12.1 Å². The molecule has 1 aliphatic rings. The predicted molar refractivity (Wildman–Crippen MR) is 74.5 cm³/mol. The molecule has 4 heteroatoms. The minimum atomic E-state index is 0.350. The number of benzene rings is 1. The molecule has 0 aliphatic heterocycles. The first-order chi connectivity index (χ1) is 8.19. The Morgan fingerprint density at radius 3 is 2.88 bits per heavy atom. The van der Waals surface area contributed by atoms with Gasteiger partial charge in [0.1, 0.15) is 5.75 Å². The lowest BCUT2D eigenvalue weighted by Gasteiger charge is -2.28. The fourth-order valence-electron chi connectivity index (χ4n) is 2.35. The molecule has 1 aromatic rings. The first kappa shape index (κ1) is 12.7. The topological polar surface area (TPSA) is 47.3 Å². The maximum absolute atomic E-state index is 5.99. The highest BCUT2D eigenvalue weighted by atomic mass is 79.9. The number of halogens is 1. The average Bonchev–Trinajstić information content (AvgIpc) is 2.29. The van der Waals surface area contributed by atoms with Crippen molar-refractivity contribution in [2.45, 2.75) is 37.8 Å². The van der Waals surface area contributed by atoms with Crippen molar-refractivity contribution in [1.29, 1.82) is 0 Å². The fourth-order valence-corrected chi connectivity index (χ4v) is 2.89. The molecule has 0 amide bonds. The van der Waals surface area contributed by atoms with Crippen molar-refractivity contribution in [3.63, 3.8) is 0 Å². The van der Waals surface area contributed by atoms with Gasteiger partial charge in [-0.15, -0.1) is 0 Å². The second-order valence-corrected chi connectivity index (χ2v) is 5.47. The largest absolute Gasteiger partial charge is 0.496 e. The van der Waals surface area contributed by atoms with Crippen molar-refractivity contribution in [1.82, 2.24) is 0 Å². The standard InChI is InChI=1S/C13H19BrN2O/c1-17-13-6-5-11(8-12(13)14)16-10-4-2-3-9(15)7-10/h5-6,8-10,16H,2-4,7,15H2,1H3. The third kappa shape index (κ3) is 3.36. The molecular weight excluding hydrogens is 280 g/mol. The number of anilines is 1. The molecule has 0 bridgehead atoms. The molecule has 0 saturated heterocycles. The summed E-state index contributed by atoms with van der Waals surface area (Å²) in [5.74, 6) is 0.857. The van der Waals surface area contributed by atoms with Gasteiger partial charge in [-0.25, -0.2) is 0 Å². The van der Waals surface area contributed by atoms with Crippen molar-refractivity contribution in [2.24, 2.45) is 5.73 Å². The number of nitrogens with two attached hydrogens (primary N) is 1. The van der Waals surface area contributed by atoms with Gasteiger partial charge < -0.3 is 15.8 Å². The minimum absolute atomic E-state index is 0.350. The fraction of sp³-hybridized carbons (Fsp3) is 0.538. The summed E-state index contributed by atoms with van der Waals surface area (Å²) in [6, 6.07) is 6.92. The molecule has 0 aromatic heterocycles. The Morgan fingerprint density at radius 1 is 1.41 bits per heavy atom. The molecule has 2 unspecified atom stereocenters. The van der Waals surface area contributed by atoms with Crippen LogP contribution in [-0.4, -0.2) is 19.2 Å². The number of ether oxygens (including phenoxy) is 1. The van der Waals surface area contributed by atoms with E-state index < -0.39 is 0 Å². The molecule has 94 valence electrons. The molecule has 2 atom stereocenters. The Kier molecular flexibility index (Phi) is 4.29. The van der Waals surface area contributed by atoms with Crippen molar-refractivity contribution in [2.75, 3.05) is 12.4 Å². The number of hydrogen-bond donors (Lipinski definition) is 2. The van der Waals surface area contributed by atoms with Crippen LogP contribution in [0.1, 0.15) is 25.7 Å². The molecule has 1 saturated carbocycles. The Bertz CT molecular complexity index is 384. The van der Waals surface area contributed by atoms with Crippen LogP contribution >= 0.6 is 15.9 Å². The van der Waals surface area contributed by atoms with Gasteiger partial charge in [-0.05, 0) is 59.8 Å². The SMILES string of the molecule is COc1ccc(NC2CCCC(N)C2)cc1Br. The lowest BCUT2D eigenvalue weighted by Crippen LogP contribution is -2.34. The van der Waals surface area contributed by atoms with E-state index in [0.29, 0.717) is 12.1 Å². The predicted octanol–water partition coefficient (Wildman–Crippen LogP) is 3.14. The maximum atomic E-state index is 5.99. The van der Waals surface area contributed by atoms with E-state index in [2.05, 4.69) is 27.3 Å². The van der Waals surface area contributed by atoms with Crippen LogP contribution in [0.5, 0.6) is 5.75 Å². The molecular formula is C13H19BrN2O. The Hall–Kier alpha value is -0.740. The maximum Gasteiger partial charge on any atom is 0.133 e.